The Hall–Kier alpha value is -5.80. The predicted molar refractivity (Wildman–Crippen MR) is 163 cm³/mol. The number of aromatic nitrogens is 2. The highest BCUT2D eigenvalue weighted by Crippen LogP contribution is 2.49. The number of halogens is 12. The summed E-state index contributed by atoms with van der Waals surface area (Å²) in [4.78, 5) is 8.49. The first kappa shape index (κ1) is 34.6. The van der Waals surface area contributed by atoms with E-state index in [1.807, 2.05) is 0 Å². The van der Waals surface area contributed by atoms with E-state index >= 15 is 0 Å². The maximum atomic E-state index is 13.8. The zero-order chi connectivity index (χ0) is 37.4. The van der Waals surface area contributed by atoms with Gasteiger partial charge in [-0.1, -0.05) is 48.5 Å². The van der Waals surface area contributed by atoms with E-state index < -0.39 is 58.1 Å². The zero-order valence-electron chi connectivity index (χ0n) is 25.5. The molecule has 266 valence electrons. The van der Waals surface area contributed by atoms with Gasteiger partial charge < -0.3 is 8.83 Å². The molecule has 5 aromatic carbocycles. The predicted octanol–water partition coefficient (Wildman–Crippen LogP) is 12.7. The lowest BCUT2D eigenvalue weighted by Gasteiger charge is -2.18. The van der Waals surface area contributed by atoms with Gasteiger partial charge in [0, 0.05) is 0 Å². The van der Waals surface area contributed by atoms with Crippen LogP contribution >= 0.6 is 0 Å². The maximum absolute atomic E-state index is 13.8. The van der Waals surface area contributed by atoms with E-state index in [4.69, 9.17) is 8.83 Å². The minimum Gasteiger partial charge on any atom is -0.443 e. The van der Waals surface area contributed by atoms with Gasteiger partial charge in [0.15, 0.2) is 24.0 Å². The summed E-state index contributed by atoms with van der Waals surface area (Å²) in [5.74, 6) is 0. The van der Waals surface area contributed by atoms with Gasteiger partial charge in [0.25, 0.3) is 0 Å². The Balaban J connectivity index is 1.50. The molecule has 0 fully saturated rings. The van der Waals surface area contributed by atoms with Crippen LogP contribution in [0.25, 0.3) is 66.7 Å². The van der Waals surface area contributed by atoms with Crippen molar-refractivity contribution in [1.29, 1.82) is 0 Å². The molecule has 16 heteroatoms. The largest absolute Gasteiger partial charge is 0.443 e. The van der Waals surface area contributed by atoms with Crippen molar-refractivity contribution in [3.8, 4) is 44.5 Å². The fourth-order valence-corrected chi connectivity index (χ4v) is 6.04. The van der Waals surface area contributed by atoms with E-state index in [0.29, 0.717) is 24.3 Å². The van der Waals surface area contributed by atoms with E-state index in [9.17, 15) is 52.7 Å². The summed E-state index contributed by atoms with van der Waals surface area (Å²) in [6, 6.07) is 13.3. The average molecular weight is 737 g/mol. The fourth-order valence-electron chi connectivity index (χ4n) is 6.04. The zero-order valence-corrected chi connectivity index (χ0v) is 25.5. The SMILES string of the molecule is FC(F)(F)c1cc(-c2ccccc2-c2c3ncoc3c(-c3ccccc3-c3cc(C(F)(F)F)cc(C(F)(F)F)c3)c3ncoc23)cc(C(F)(F)F)c1. The Morgan fingerprint density at radius 1 is 0.385 bits per heavy atom. The molecule has 0 saturated heterocycles. The maximum Gasteiger partial charge on any atom is 0.416 e. The number of hydrogen-bond acceptors (Lipinski definition) is 4. The van der Waals surface area contributed by atoms with Gasteiger partial charge in [-0.05, 0) is 69.8 Å². The second-order valence-corrected chi connectivity index (χ2v) is 11.5. The summed E-state index contributed by atoms with van der Waals surface area (Å²) >= 11 is 0. The Bertz CT molecular complexity index is 2200. The quantitative estimate of drug-likeness (QED) is 0.169. The third-order valence-electron chi connectivity index (χ3n) is 8.25. The molecule has 2 aromatic heterocycles. The Labute approximate surface area is 282 Å². The number of oxazole rings is 2. The minimum atomic E-state index is -5.14. The molecule has 0 N–H and O–H groups in total. The third kappa shape index (κ3) is 6.11. The van der Waals surface area contributed by atoms with Crippen LogP contribution in [0.5, 0.6) is 0 Å². The summed E-state index contributed by atoms with van der Waals surface area (Å²) in [6.07, 6.45) is -18.6. The molecular formula is C36H16F12N2O2. The van der Waals surface area contributed by atoms with Crippen LogP contribution < -0.4 is 0 Å². The Morgan fingerprint density at radius 3 is 0.962 bits per heavy atom. The van der Waals surface area contributed by atoms with Crippen LogP contribution in [0, 0.1) is 0 Å². The van der Waals surface area contributed by atoms with Crippen LogP contribution in [0.2, 0.25) is 0 Å². The second kappa shape index (κ2) is 11.9. The van der Waals surface area contributed by atoms with E-state index in [1.54, 1.807) is 0 Å². The smallest absolute Gasteiger partial charge is 0.416 e. The topological polar surface area (TPSA) is 52.1 Å². The van der Waals surface area contributed by atoms with Crippen molar-refractivity contribution in [2.24, 2.45) is 0 Å². The molecule has 0 unspecified atom stereocenters. The molecule has 7 rings (SSSR count). The van der Waals surface area contributed by atoms with Gasteiger partial charge in [-0.2, -0.15) is 52.7 Å². The molecule has 0 saturated carbocycles. The minimum absolute atomic E-state index is 0.00902. The molecule has 4 nitrogen and oxygen atoms in total. The van der Waals surface area contributed by atoms with Gasteiger partial charge in [-0.25, -0.2) is 9.97 Å². The standard InChI is InChI=1S/C36H16F12N2O2/c37-33(38,39)19-9-17(10-20(13-19)34(40,41)42)23-5-1-3-7-25(23)27-29-32(52-15-49-29)28(30-31(27)51-16-50-30)26-8-4-2-6-24(26)18-11-21(35(43,44)45)14-22(12-18)36(46,47)48/h1-16H. The van der Waals surface area contributed by atoms with Crippen molar-refractivity contribution < 1.29 is 61.5 Å². The molecule has 0 aliphatic heterocycles. The van der Waals surface area contributed by atoms with Gasteiger partial charge in [-0.15, -0.1) is 0 Å². The Morgan fingerprint density at radius 2 is 0.673 bits per heavy atom. The van der Waals surface area contributed by atoms with Gasteiger partial charge in [0.05, 0.1) is 33.4 Å². The lowest BCUT2D eigenvalue weighted by atomic mass is 9.88. The van der Waals surface area contributed by atoms with E-state index in [2.05, 4.69) is 9.97 Å². The van der Waals surface area contributed by atoms with Crippen LogP contribution in [0.15, 0.2) is 107 Å². The summed E-state index contributed by atoms with van der Waals surface area (Å²) < 4.78 is 177. The Kier molecular flexibility index (Phi) is 7.92. The average Bonchev–Trinajstić information content (AvgIpc) is 3.76. The molecule has 2 heterocycles. The number of alkyl halides is 12. The first-order chi connectivity index (χ1) is 24.3. The summed E-state index contributed by atoms with van der Waals surface area (Å²) in [7, 11) is 0. The number of nitrogens with zero attached hydrogens (tertiary/aromatic N) is 2. The van der Waals surface area contributed by atoms with Crippen molar-refractivity contribution >= 4 is 22.2 Å². The molecule has 0 bridgehead atoms. The molecule has 0 spiro atoms. The van der Waals surface area contributed by atoms with Crippen LogP contribution in [0.4, 0.5) is 52.7 Å². The van der Waals surface area contributed by atoms with Gasteiger partial charge in [0.1, 0.15) is 11.0 Å². The van der Waals surface area contributed by atoms with Crippen molar-refractivity contribution in [2.75, 3.05) is 0 Å². The van der Waals surface area contributed by atoms with Gasteiger partial charge >= 0.3 is 24.7 Å². The normalized spacial score (nSPS) is 13.0. The van der Waals surface area contributed by atoms with Crippen molar-refractivity contribution in [3.05, 3.63) is 120 Å². The van der Waals surface area contributed by atoms with Crippen LogP contribution in [-0.4, -0.2) is 9.97 Å². The summed E-state index contributed by atoms with van der Waals surface area (Å²) in [5, 5.41) is 0. The molecule has 7 aromatic rings. The first-order valence-electron chi connectivity index (χ1n) is 14.7. The fraction of sp³-hybridized carbons (Fsp3) is 0.111. The van der Waals surface area contributed by atoms with Gasteiger partial charge in [-0.3, -0.25) is 0 Å². The molecule has 0 amide bonds. The van der Waals surface area contributed by atoms with Crippen LogP contribution in [-0.2, 0) is 24.7 Å². The van der Waals surface area contributed by atoms with Crippen LogP contribution in [0.3, 0.4) is 0 Å². The molecule has 0 atom stereocenters. The number of fused-ring (bicyclic) bond motifs is 2. The highest BCUT2D eigenvalue weighted by Gasteiger charge is 2.39. The number of benzene rings is 5. The van der Waals surface area contributed by atoms with E-state index in [0.717, 1.165) is 12.8 Å². The number of rotatable bonds is 4. The molecular weight excluding hydrogens is 720 g/mol. The molecule has 0 aliphatic rings. The van der Waals surface area contributed by atoms with Crippen molar-refractivity contribution in [2.45, 2.75) is 24.7 Å². The summed E-state index contributed by atoms with van der Waals surface area (Å²) in [5.41, 5.74) is -7.52. The van der Waals surface area contributed by atoms with Crippen molar-refractivity contribution in [3.63, 3.8) is 0 Å². The monoisotopic (exact) mass is 736 g/mol. The highest BCUT2D eigenvalue weighted by atomic mass is 19.4. The lowest BCUT2D eigenvalue weighted by molar-refractivity contribution is -0.144. The second-order valence-electron chi connectivity index (χ2n) is 11.5. The first-order valence-corrected chi connectivity index (χ1v) is 14.7. The molecule has 52 heavy (non-hydrogen) atoms. The molecule has 0 radical (unpaired) electrons. The number of hydrogen-bond donors (Lipinski definition) is 0. The molecule has 0 aliphatic carbocycles. The lowest BCUT2D eigenvalue weighted by Crippen LogP contribution is -2.11. The van der Waals surface area contributed by atoms with E-state index in [1.165, 1.54) is 48.5 Å². The van der Waals surface area contributed by atoms with E-state index in [-0.39, 0.29) is 67.7 Å². The van der Waals surface area contributed by atoms with Crippen molar-refractivity contribution in [1.82, 2.24) is 9.97 Å². The van der Waals surface area contributed by atoms with Gasteiger partial charge in [0.2, 0.25) is 0 Å². The van der Waals surface area contributed by atoms with Crippen LogP contribution in [0.1, 0.15) is 22.3 Å². The highest BCUT2D eigenvalue weighted by molar-refractivity contribution is 6.18. The third-order valence-corrected chi connectivity index (χ3v) is 8.25. The summed E-state index contributed by atoms with van der Waals surface area (Å²) in [6.45, 7) is 0.